The molecule has 29 heavy (non-hydrogen) atoms. The number of nitrogens with two attached hydrogens (primary N) is 1. The van der Waals surface area contributed by atoms with Gasteiger partial charge in [-0.3, -0.25) is 0 Å². The van der Waals surface area contributed by atoms with Gasteiger partial charge < -0.3 is 11.1 Å². The molecule has 2 nitrogen and oxygen atoms in total. The Balaban J connectivity index is 3.47. The minimum atomic E-state index is -5.51. The summed E-state index contributed by atoms with van der Waals surface area (Å²) in [5.74, 6) is 0. The minimum absolute atomic E-state index is 0.0290. The van der Waals surface area contributed by atoms with Crippen LogP contribution in [0, 0.1) is 0 Å². The van der Waals surface area contributed by atoms with Crippen LogP contribution in [0.25, 0.3) is 0 Å². The number of hydrogen-bond acceptors (Lipinski definition) is 3. The highest BCUT2D eigenvalue weighted by molar-refractivity contribution is 8.06. The summed E-state index contributed by atoms with van der Waals surface area (Å²) >= 11 is 2.88. The number of thiocarbonyl (C=S) groups is 1. The van der Waals surface area contributed by atoms with Crippen molar-refractivity contribution in [2.24, 2.45) is 5.73 Å². The maximum atomic E-state index is 12.8. The second-order valence-corrected chi connectivity index (χ2v) is 6.52. The summed E-state index contributed by atoms with van der Waals surface area (Å²) in [6.07, 6.45) is -16.1. The van der Waals surface area contributed by atoms with E-state index < -0.39 is 68.2 Å². The zero-order valence-corrected chi connectivity index (χ0v) is 14.8. The summed E-state index contributed by atoms with van der Waals surface area (Å²) in [4.78, 5) is -3.32. The summed E-state index contributed by atoms with van der Waals surface area (Å²) in [6.45, 7) is 0. The Morgan fingerprint density at radius 2 is 1.21 bits per heavy atom. The molecule has 164 valence electrons. The van der Waals surface area contributed by atoms with E-state index in [1.54, 1.807) is 0 Å². The van der Waals surface area contributed by atoms with Crippen LogP contribution in [0.5, 0.6) is 0 Å². The Morgan fingerprint density at radius 1 is 0.793 bits per heavy atom. The van der Waals surface area contributed by atoms with E-state index in [1.165, 1.54) is 5.32 Å². The molecule has 0 atom stereocenters. The summed E-state index contributed by atoms with van der Waals surface area (Å²) in [5.41, 5.74) is -7.95. The maximum absolute atomic E-state index is 12.8. The van der Waals surface area contributed by atoms with E-state index >= 15 is 0 Å². The first kappa shape index (κ1) is 25.2. The van der Waals surface area contributed by atoms with Crippen molar-refractivity contribution in [3.05, 3.63) is 39.9 Å². The molecule has 0 radical (unpaired) electrons. The van der Waals surface area contributed by atoms with Gasteiger partial charge in [-0.05, 0) is 30.0 Å². The van der Waals surface area contributed by atoms with Crippen molar-refractivity contribution in [2.75, 3.05) is 5.32 Å². The van der Waals surface area contributed by atoms with Crippen LogP contribution in [0.15, 0.2) is 28.8 Å². The van der Waals surface area contributed by atoms with Gasteiger partial charge in [0.2, 0.25) is 0 Å². The third-order valence-corrected chi connectivity index (χ3v) is 4.11. The van der Waals surface area contributed by atoms with Gasteiger partial charge in [0.15, 0.2) is 0 Å². The molecule has 3 N–H and O–H groups in total. The molecular weight excluding hydrogens is 476 g/mol. The van der Waals surface area contributed by atoms with Crippen molar-refractivity contribution < 1.29 is 52.7 Å². The van der Waals surface area contributed by atoms with Gasteiger partial charge in [-0.25, -0.2) is 0 Å². The van der Waals surface area contributed by atoms with Crippen molar-refractivity contribution >= 4 is 34.7 Å². The second kappa shape index (κ2) is 8.12. The highest BCUT2D eigenvalue weighted by atomic mass is 32.2. The molecule has 0 aliphatic heterocycles. The van der Waals surface area contributed by atoms with E-state index in [-0.39, 0.29) is 18.2 Å². The average molecular weight is 482 g/mol. The van der Waals surface area contributed by atoms with E-state index in [0.29, 0.717) is 0 Å². The summed E-state index contributed by atoms with van der Waals surface area (Å²) in [5, 5.41) is 1.52. The topological polar surface area (TPSA) is 38.0 Å². The van der Waals surface area contributed by atoms with Crippen molar-refractivity contribution in [1.29, 1.82) is 0 Å². The van der Waals surface area contributed by atoms with Gasteiger partial charge in [0.05, 0.1) is 16.0 Å². The average Bonchev–Trinajstić information content (AvgIpc) is 2.48. The lowest BCUT2D eigenvalue weighted by Gasteiger charge is -2.19. The Bertz CT molecular complexity index is 770. The predicted octanol–water partition coefficient (Wildman–Crippen LogP) is 6.45. The molecule has 0 unspecified atom stereocenters. The number of nitrogens with one attached hydrogen (secondary N) is 1. The lowest BCUT2D eigenvalue weighted by atomic mass is 10.1. The standard InChI is InChI=1S/C13H6F12N2S2/c14-10(15,16)4-1-5(11(17,18)19)3-6(2-4)27-9(28)7(29-13(23,24)25)8(26)12(20,21)22/h1-3H,26H2,(H,27,28)/b8-7+. The van der Waals surface area contributed by atoms with Crippen LogP contribution >= 0.6 is 24.0 Å². The fraction of sp³-hybridized carbons (Fsp3) is 0.308. The van der Waals surface area contributed by atoms with Crippen molar-refractivity contribution in [2.45, 2.75) is 24.0 Å². The Hall–Kier alpha value is -1.84. The van der Waals surface area contributed by atoms with Gasteiger partial charge in [-0.15, -0.1) is 0 Å². The first-order valence-corrected chi connectivity index (χ1v) is 7.88. The fourth-order valence-corrected chi connectivity index (χ4v) is 2.64. The Labute approximate surface area is 163 Å². The first-order valence-electron chi connectivity index (χ1n) is 6.65. The lowest BCUT2D eigenvalue weighted by Crippen LogP contribution is -2.27. The SMILES string of the molecule is N/C(=C(/SC(F)(F)F)C(=S)Nc1cc(C(F)(F)F)cc(C(F)(F)F)c1)C(F)(F)F. The van der Waals surface area contributed by atoms with E-state index in [4.69, 9.17) is 0 Å². The number of thioether (sulfide) groups is 1. The van der Waals surface area contributed by atoms with Gasteiger partial charge in [0.1, 0.15) is 10.7 Å². The van der Waals surface area contributed by atoms with Crippen molar-refractivity contribution in [3.8, 4) is 0 Å². The molecular formula is C13H6F12N2S2. The molecule has 0 aromatic heterocycles. The van der Waals surface area contributed by atoms with Gasteiger partial charge in [0, 0.05) is 5.69 Å². The molecule has 0 bridgehead atoms. The van der Waals surface area contributed by atoms with Crippen LogP contribution in [0.4, 0.5) is 58.4 Å². The molecule has 1 aromatic rings. The number of alkyl halides is 12. The zero-order chi connectivity index (χ0) is 23.0. The predicted molar refractivity (Wildman–Crippen MR) is 83.6 cm³/mol. The minimum Gasteiger partial charge on any atom is -0.394 e. The van der Waals surface area contributed by atoms with Crippen LogP contribution in [0.2, 0.25) is 0 Å². The number of benzene rings is 1. The van der Waals surface area contributed by atoms with Gasteiger partial charge in [0.25, 0.3) is 0 Å². The normalized spacial score (nSPS) is 14.5. The molecule has 1 aromatic carbocycles. The molecule has 0 heterocycles. The molecule has 0 saturated heterocycles. The Morgan fingerprint density at radius 3 is 1.52 bits per heavy atom. The monoisotopic (exact) mass is 482 g/mol. The van der Waals surface area contributed by atoms with Gasteiger partial charge >= 0.3 is 24.0 Å². The van der Waals surface area contributed by atoms with Crippen molar-refractivity contribution in [1.82, 2.24) is 0 Å². The number of hydrogen-bond donors (Lipinski definition) is 2. The van der Waals surface area contributed by atoms with E-state index in [9.17, 15) is 52.7 Å². The quantitative estimate of drug-likeness (QED) is 0.295. The number of rotatable bonds is 3. The first-order chi connectivity index (χ1) is 12.7. The smallest absolute Gasteiger partial charge is 0.394 e. The van der Waals surface area contributed by atoms with Crippen LogP contribution in [-0.2, 0) is 12.4 Å². The molecule has 0 aliphatic carbocycles. The van der Waals surface area contributed by atoms with Crippen LogP contribution in [-0.4, -0.2) is 16.7 Å². The van der Waals surface area contributed by atoms with Crippen LogP contribution < -0.4 is 11.1 Å². The van der Waals surface area contributed by atoms with E-state index in [0.717, 1.165) is 0 Å². The number of anilines is 1. The summed E-state index contributed by atoms with van der Waals surface area (Å²) in [7, 11) is 0. The molecule has 1 rings (SSSR count). The molecule has 0 fully saturated rings. The third-order valence-electron chi connectivity index (χ3n) is 2.82. The number of allylic oxidation sites excluding steroid dienone is 1. The van der Waals surface area contributed by atoms with Crippen molar-refractivity contribution in [3.63, 3.8) is 0 Å². The number of halogens is 12. The van der Waals surface area contributed by atoms with Gasteiger partial charge in [-0.2, -0.15) is 52.7 Å². The van der Waals surface area contributed by atoms with E-state index in [1.807, 2.05) is 0 Å². The zero-order valence-electron chi connectivity index (χ0n) is 13.2. The second-order valence-electron chi connectivity index (χ2n) is 5.04. The van der Waals surface area contributed by atoms with Crippen LogP contribution in [0.1, 0.15) is 11.1 Å². The van der Waals surface area contributed by atoms with E-state index in [2.05, 4.69) is 18.0 Å². The van der Waals surface area contributed by atoms with Gasteiger partial charge in [-0.1, -0.05) is 12.2 Å². The fourth-order valence-electron chi connectivity index (χ4n) is 1.68. The summed E-state index contributed by atoms with van der Waals surface area (Å²) < 4.78 is 152. The summed E-state index contributed by atoms with van der Waals surface area (Å²) in [6, 6.07) is -0.234. The Kier molecular flexibility index (Phi) is 7.06. The highest BCUT2D eigenvalue weighted by Crippen LogP contribution is 2.42. The molecule has 0 amide bonds. The lowest BCUT2D eigenvalue weighted by molar-refractivity contribution is -0.143. The molecule has 0 aliphatic rings. The maximum Gasteiger partial charge on any atom is 0.446 e. The highest BCUT2D eigenvalue weighted by Gasteiger charge is 2.41. The largest absolute Gasteiger partial charge is 0.446 e. The molecule has 0 spiro atoms. The molecule has 0 saturated carbocycles. The third kappa shape index (κ3) is 7.49. The molecule has 16 heteroatoms. The van der Waals surface area contributed by atoms with Crippen LogP contribution in [0.3, 0.4) is 0 Å².